The van der Waals surface area contributed by atoms with Crippen LogP contribution >= 0.6 is 22.9 Å². The first-order chi connectivity index (χ1) is 14.0. The third-order valence-corrected chi connectivity index (χ3v) is 6.02. The predicted octanol–water partition coefficient (Wildman–Crippen LogP) is 7.00. The molecule has 2 aromatic heterocycles. The Morgan fingerprint density at radius 1 is 1.07 bits per heavy atom. The van der Waals surface area contributed by atoms with E-state index in [0.29, 0.717) is 21.3 Å². The lowest BCUT2D eigenvalue weighted by molar-refractivity contribution is 1.32. The number of nitrogens with zero attached hydrogens (tertiary/aromatic N) is 3. The van der Waals surface area contributed by atoms with Crippen LogP contribution < -0.4 is 0 Å². The molecule has 0 atom stereocenters. The average molecular weight is 416 g/mol. The normalized spacial score (nSPS) is 11.6. The van der Waals surface area contributed by atoms with Gasteiger partial charge in [-0.25, -0.2) is 9.97 Å². The molecular formula is C24H18ClN3S. The number of fused-ring (bicyclic) bond motifs is 1. The second-order valence-electron chi connectivity index (χ2n) is 7.04. The van der Waals surface area contributed by atoms with E-state index in [2.05, 4.69) is 43.1 Å². The molecule has 0 saturated carbocycles. The van der Waals surface area contributed by atoms with Crippen molar-refractivity contribution in [3.63, 3.8) is 0 Å². The van der Waals surface area contributed by atoms with Crippen molar-refractivity contribution in [1.82, 2.24) is 9.97 Å². The Labute approximate surface area is 179 Å². The molecule has 4 rings (SSSR count). The fourth-order valence-corrected chi connectivity index (χ4v) is 4.34. The molecule has 142 valence electrons. The number of aryl methyl sites for hydroxylation is 3. The van der Waals surface area contributed by atoms with Gasteiger partial charge in [0.1, 0.15) is 16.2 Å². The molecule has 0 radical (unpaired) electrons. The molecule has 0 fully saturated rings. The van der Waals surface area contributed by atoms with Crippen molar-refractivity contribution in [2.24, 2.45) is 0 Å². The Bertz CT molecular complexity index is 1310. The molecule has 3 nitrogen and oxygen atoms in total. The molecule has 0 bridgehead atoms. The molecule has 0 unspecified atom stereocenters. The van der Waals surface area contributed by atoms with Gasteiger partial charge < -0.3 is 0 Å². The van der Waals surface area contributed by atoms with E-state index in [1.807, 2.05) is 36.6 Å². The number of rotatable bonds is 3. The summed E-state index contributed by atoms with van der Waals surface area (Å²) < 4.78 is 0. The van der Waals surface area contributed by atoms with Gasteiger partial charge in [-0.3, -0.25) is 0 Å². The van der Waals surface area contributed by atoms with E-state index in [4.69, 9.17) is 16.6 Å². The lowest BCUT2D eigenvalue weighted by Gasteiger charge is -2.05. The second kappa shape index (κ2) is 7.79. The van der Waals surface area contributed by atoms with E-state index in [1.165, 1.54) is 22.5 Å². The molecule has 2 aromatic carbocycles. The van der Waals surface area contributed by atoms with Crippen LogP contribution in [0, 0.1) is 32.1 Å². The summed E-state index contributed by atoms with van der Waals surface area (Å²) in [6.45, 7) is 6.15. The molecule has 0 aliphatic carbocycles. The standard InChI is InChI=1S/C24H18ClN3S/c1-14-7-8-20(16(3)9-14)21-13-29-24(27-21)19(12-26)11-18-10-17-6-4-5-15(2)22(17)28-23(18)25/h4-11,13H,1-3H3. The van der Waals surface area contributed by atoms with Crippen LogP contribution in [0.1, 0.15) is 27.3 Å². The zero-order valence-corrected chi connectivity index (χ0v) is 17.9. The Balaban J connectivity index is 1.76. The minimum atomic E-state index is 0.380. The summed E-state index contributed by atoms with van der Waals surface area (Å²) in [5.41, 5.74) is 7.47. The molecule has 0 aliphatic heterocycles. The van der Waals surface area contributed by atoms with E-state index in [-0.39, 0.29) is 0 Å². The van der Waals surface area contributed by atoms with Crippen LogP contribution in [0.25, 0.3) is 33.8 Å². The predicted molar refractivity (Wildman–Crippen MR) is 122 cm³/mol. The average Bonchev–Trinajstić information content (AvgIpc) is 3.16. The van der Waals surface area contributed by atoms with Crippen molar-refractivity contribution in [1.29, 1.82) is 5.26 Å². The topological polar surface area (TPSA) is 49.6 Å². The van der Waals surface area contributed by atoms with Crippen LogP contribution in [0.4, 0.5) is 0 Å². The van der Waals surface area contributed by atoms with Gasteiger partial charge in [-0.2, -0.15) is 5.26 Å². The van der Waals surface area contributed by atoms with Gasteiger partial charge >= 0.3 is 0 Å². The first-order valence-corrected chi connectivity index (χ1v) is 10.4. The van der Waals surface area contributed by atoms with E-state index >= 15 is 0 Å². The minimum absolute atomic E-state index is 0.380. The number of halogens is 1. The number of thiazole rings is 1. The number of nitriles is 1. The van der Waals surface area contributed by atoms with E-state index in [1.54, 1.807) is 6.08 Å². The third-order valence-electron chi connectivity index (χ3n) is 4.84. The van der Waals surface area contributed by atoms with Crippen LogP contribution in [-0.2, 0) is 0 Å². The summed E-state index contributed by atoms with van der Waals surface area (Å²) in [6.07, 6.45) is 1.77. The molecule has 2 heterocycles. The maximum absolute atomic E-state index is 9.74. The summed E-state index contributed by atoms with van der Waals surface area (Å²) in [4.78, 5) is 9.23. The van der Waals surface area contributed by atoms with Gasteiger partial charge in [0.2, 0.25) is 0 Å². The fraction of sp³-hybridized carbons (Fsp3) is 0.125. The SMILES string of the molecule is Cc1ccc(-c2csc(C(C#N)=Cc3cc4cccc(C)c4nc3Cl)n2)c(C)c1. The number of benzene rings is 2. The van der Waals surface area contributed by atoms with Crippen molar-refractivity contribution in [2.45, 2.75) is 20.8 Å². The maximum atomic E-state index is 9.74. The number of allylic oxidation sites excluding steroid dienone is 1. The van der Waals surface area contributed by atoms with Crippen LogP contribution in [0.2, 0.25) is 5.15 Å². The first-order valence-electron chi connectivity index (χ1n) is 9.17. The number of hydrogen-bond acceptors (Lipinski definition) is 4. The smallest absolute Gasteiger partial charge is 0.137 e. The maximum Gasteiger partial charge on any atom is 0.137 e. The van der Waals surface area contributed by atoms with E-state index in [0.717, 1.165) is 27.7 Å². The van der Waals surface area contributed by atoms with Gasteiger partial charge in [-0.05, 0) is 44.0 Å². The molecule has 0 N–H and O–H groups in total. The van der Waals surface area contributed by atoms with Crippen molar-refractivity contribution in [3.05, 3.63) is 80.3 Å². The van der Waals surface area contributed by atoms with Crippen molar-refractivity contribution in [2.75, 3.05) is 0 Å². The summed E-state index contributed by atoms with van der Waals surface area (Å²) in [6, 6.07) is 16.5. The number of para-hydroxylation sites is 1. The number of pyridine rings is 1. The summed E-state index contributed by atoms with van der Waals surface area (Å²) in [5, 5.41) is 13.8. The van der Waals surface area contributed by atoms with Gasteiger partial charge in [-0.1, -0.05) is 53.6 Å². The lowest BCUT2D eigenvalue weighted by atomic mass is 10.0. The summed E-state index contributed by atoms with van der Waals surface area (Å²) in [5.74, 6) is 0. The zero-order chi connectivity index (χ0) is 20.5. The van der Waals surface area contributed by atoms with Crippen molar-refractivity contribution in [3.8, 4) is 17.3 Å². The quantitative estimate of drug-likeness (QED) is 0.267. The monoisotopic (exact) mass is 415 g/mol. The van der Waals surface area contributed by atoms with Gasteiger partial charge in [0.25, 0.3) is 0 Å². The van der Waals surface area contributed by atoms with Crippen LogP contribution in [0.5, 0.6) is 0 Å². The molecule has 0 amide bonds. The highest BCUT2D eigenvalue weighted by Gasteiger charge is 2.12. The number of hydrogen-bond donors (Lipinski definition) is 0. The Hall–Kier alpha value is -3.00. The summed E-state index contributed by atoms with van der Waals surface area (Å²) in [7, 11) is 0. The van der Waals surface area contributed by atoms with E-state index in [9.17, 15) is 5.26 Å². The Morgan fingerprint density at radius 2 is 1.90 bits per heavy atom. The van der Waals surface area contributed by atoms with Crippen molar-refractivity contribution < 1.29 is 0 Å². The molecule has 0 spiro atoms. The highest BCUT2D eigenvalue weighted by atomic mass is 35.5. The zero-order valence-electron chi connectivity index (χ0n) is 16.3. The molecule has 0 aliphatic rings. The van der Waals surface area contributed by atoms with Crippen molar-refractivity contribution >= 4 is 45.5 Å². The molecule has 0 saturated heterocycles. The fourth-order valence-electron chi connectivity index (χ4n) is 3.36. The number of aromatic nitrogens is 2. The van der Waals surface area contributed by atoms with Crippen LogP contribution in [-0.4, -0.2) is 9.97 Å². The largest absolute Gasteiger partial charge is 0.235 e. The lowest BCUT2D eigenvalue weighted by Crippen LogP contribution is -1.89. The highest BCUT2D eigenvalue weighted by Crippen LogP contribution is 2.31. The third kappa shape index (κ3) is 3.80. The Morgan fingerprint density at radius 3 is 2.66 bits per heavy atom. The van der Waals surface area contributed by atoms with Gasteiger partial charge in [0.15, 0.2) is 0 Å². The van der Waals surface area contributed by atoms with Gasteiger partial charge in [0.05, 0.1) is 16.8 Å². The minimum Gasteiger partial charge on any atom is -0.235 e. The summed E-state index contributed by atoms with van der Waals surface area (Å²) >= 11 is 7.87. The molecular weight excluding hydrogens is 398 g/mol. The van der Waals surface area contributed by atoms with Crippen LogP contribution in [0.15, 0.2) is 47.8 Å². The second-order valence-corrected chi connectivity index (χ2v) is 8.26. The first kappa shape index (κ1) is 19.3. The highest BCUT2D eigenvalue weighted by molar-refractivity contribution is 7.11. The molecule has 29 heavy (non-hydrogen) atoms. The van der Waals surface area contributed by atoms with Gasteiger partial charge in [-0.15, -0.1) is 11.3 Å². The van der Waals surface area contributed by atoms with Crippen LogP contribution in [0.3, 0.4) is 0 Å². The molecule has 5 heteroatoms. The molecule has 4 aromatic rings. The Kier molecular flexibility index (Phi) is 5.19. The van der Waals surface area contributed by atoms with E-state index < -0.39 is 0 Å². The van der Waals surface area contributed by atoms with Gasteiger partial charge in [0, 0.05) is 21.9 Å².